The van der Waals surface area contributed by atoms with E-state index in [1.807, 2.05) is 30.3 Å². The molecule has 0 radical (unpaired) electrons. The molecule has 0 aliphatic heterocycles. The van der Waals surface area contributed by atoms with Crippen LogP contribution in [-0.4, -0.2) is 0 Å². The molecule has 0 N–H and O–H groups in total. The first kappa shape index (κ1) is 18.0. The molecule has 1 atom stereocenters. The third-order valence-electron chi connectivity index (χ3n) is 5.17. The van der Waals surface area contributed by atoms with Crippen molar-refractivity contribution in [2.75, 3.05) is 0 Å². The van der Waals surface area contributed by atoms with E-state index in [4.69, 9.17) is 0 Å². The standard InChI is InChI=1S/C25H25N/c1-2-3-19-25(20-26,23-17-11-6-12-18-23)24(21-13-7-4-8-14-21)22-15-9-5-10-16-22/h4-18,24H,2-3,19H2,1H3. The summed E-state index contributed by atoms with van der Waals surface area (Å²) in [5.41, 5.74) is 2.91. The lowest BCUT2D eigenvalue weighted by Crippen LogP contribution is -2.33. The lowest BCUT2D eigenvalue weighted by molar-refractivity contribution is 0.429. The molecule has 3 aromatic carbocycles. The normalized spacial score (nSPS) is 13.1. The molecule has 0 aliphatic rings. The highest BCUT2D eigenvalue weighted by Crippen LogP contribution is 2.46. The molecule has 0 saturated carbocycles. The van der Waals surface area contributed by atoms with Gasteiger partial charge in [-0.05, 0) is 23.1 Å². The zero-order valence-electron chi connectivity index (χ0n) is 15.3. The summed E-state index contributed by atoms with van der Waals surface area (Å²) in [4.78, 5) is 0. The van der Waals surface area contributed by atoms with Crippen LogP contribution in [0.15, 0.2) is 91.0 Å². The first-order valence-electron chi connectivity index (χ1n) is 9.38. The van der Waals surface area contributed by atoms with Gasteiger partial charge in [0.25, 0.3) is 0 Å². The highest BCUT2D eigenvalue weighted by Gasteiger charge is 2.42. The van der Waals surface area contributed by atoms with Crippen molar-refractivity contribution in [3.8, 4) is 6.07 Å². The first-order chi connectivity index (χ1) is 12.8. The van der Waals surface area contributed by atoms with Gasteiger partial charge in [0.15, 0.2) is 0 Å². The molecule has 0 bridgehead atoms. The molecule has 0 heterocycles. The Kier molecular flexibility index (Phi) is 5.87. The molecular weight excluding hydrogens is 314 g/mol. The second-order valence-corrected chi connectivity index (χ2v) is 6.81. The fraction of sp³-hybridized carbons (Fsp3) is 0.240. The van der Waals surface area contributed by atoms with Gasteiger partial charge in [-0.2, -0.15) is 5.26 Å². The van der Waals surface area contributed by atoms with Crippen molar-refractivity contribution in [1.29, 1.82) is 5.26 Å². The Hall–Kier alpha value is -2.85. The molecule has 0 aromatic heterocycles. The minimum absolute atomic E-state index is 0.00356. The minimum atomic E-state index is -0.583. The monoisotopic (exact) mass is 339 g/mol. The Morgan fingerprint density at radius 3 is 1.65 bits per heavy atom. The van der Waals surface area contributed by atoms with E-state index >= 15 is 0 Å². The lowest BCUT2D eigenvalue weighted by Gasteiger charge is -2.36. The number of nitrogens with zero attached hydrogens (tertiary/aromatic N) is 1. The number of rotatable bonds is 7. The Morgan fingerprint density at radius 2 is 1.23 bits per heavy atom. The summed E-state index contributed by atoms with van der Waals surface area (Å²) in [7, 11) is 0. The van der Waals surface area contributed by atoms with Crippen molar-refractivity contribution < 1.29 is 0 Å². The first-order valence-corrected chi connectivity index (χ1v) is 9.38. The molecule has 0 fully saturated rings. The molecule has 0 aliphatic carbocycles. The molecule has 0 spiro atoms. The van der Waals surface area contributed by atoms with Gasteiger partial charge < -0.3 is 0 Å². The van der Waals surface area contributed by atoms with Crippen LogP contribution < -0.4 is 0 Å². The topological polar surface area (TPSA) is 23.8 Å². The van der Waals surface area contributed by atoms with Gasteiger partial charge in [0.2, 0.25) is 0 Å². The van der Waals surface area contributed by atoms with E-state index in [0.29, 0.717) is 0 Å². The summed E-state index contributed by atoms with van der Waals surface area (Å²) in [6.07, 6.45) is 2.95. The maximum absolute atomic E-state index is 10.5. The van der Waals surface area contributed by atoms with E-state index in [1.54, 1.807) is 0 Å². The van der Waals surface area contributed by atoms with E-state index < -0.39 is 5.41 Å². The molecule has 1 unspecified atom stereocenters. The average Bonchev–Trinajstić information content (AvgIpc) is 2.73. The van der Waals surface area contributed by atoms with Crippen LogP contribution in [0.3, 0.4) is 0 Å². The van der Waals surface area contributed by atoms with E-state index in [9.17, 15) is 5.26 Å². The maximum Gasteiger partial charge on any atom is 0.0931 e. The van der Waals surface area contributed by atoms with E-state index in [0.717, 1.165) is 24.8 Å². The molecule has 3 rings (SSSR count). The molecule has 130 valence electrons. The molecule has 26 heavy (non-hydrogen) atoms. The lowest BCUT2D eigenvalue weighted by atomic mass is 9.63. The Bertz CT molecular complexity index is 794. The number of nitriles is 1. The largest absolute Gasteiger partial charge is 0.197 e. The van der Waals surface area contributed by atoms with Crippen LogP contribution in [0.2, 0.25) is 0 Å². The van der Waals surface area contributed by atoms with Gasteiger partial charge in [0.1, 0.15) is 0 Å². The average molecular weight is 339 g/mol. The van der Waals surface area contributed by atoms with Crippen LogP contribution in [0.25, 0.3) is 0 Å². The number of unbranched alkanes of at least 4 members (excludes halogenated alkanes) is 1. The third-order valence-corrected chi connectivity index (χ3v) is 5.17. The van der Waals surface area contributed by atoms with Crippen molar-refractivity contribution in [2.24, 2.45) is 0 Å². The highest BCUT2D eigenvalue weighted by molar-refractivity contribution is 5.46. The van der Waals surface area contributed by atoms with Gasteiger partial charge >= 0.3 is 0 Å². The van der Waals surface area contributed by atoms with E-state index in [2.05, 4.69) is 73.7 Å². The second kappa shape index (κ2) is 8.50. The Morgan fingerprint density at radius 1 is 0.769 bits per heavy atom. The van der Waals surface area contributed by atoms with Crippen LogP contribution in [0.5, 0.6) is 0 Å². The summed E-state index contributed by atoms with van der Waals surface area (Å²) in [5, 5.41) is 10.5. The second-order valence-electron chi connectivity index (χ2n) is 6.81. The van der Waals surface area contributed by atoms with Crippen molar-refractivity contribution in [1.82, 2.24) is 0 Å². The highest BCUT2D eigenvalue weighted by atomic mass is 14.5. The Labute approximate surface area is 156 Å². The van der Waals surface area contributed by atoms with Crippen LogP contribution in [0, 0.1) is 11.3 Å². The summed E-state index contributed by atoms with van der Waals surface area (Å²) in [5.74, 6) is 0.00356. The summed E-state index contributed by atoms with van der Waals surface area (Å²) in [6.45, 7) is 2.19. The van der Waals surface area contributed by atoms with Gasteiger partial charge in [-0.25, -0.2) is 0 Å². The Balaban J connectivity index is 2.24. The minimum Gasteiger partial charge on any atom is -0.197 e. The van der Waals surface area contributed by atoms with Crippen molar-refractivity contribution in [3.63, 3.8) is 0 Å². The summed E-state index contributed by atoms with van der Waals surface area (Å²) >= 11 is 0. The SMILES string of the molecule is CCCCC(C#N)(c1ccccc1)C(c1ccccc1)c1ccccc1. The predicted octanol–water partition coefficient (Wildman–Crippen LogP) is 6.47. The molecular formula is C25H25N. The van der Waals surface area contributed by atoms with Crippen LogP contribution in [0.1, 0.15) is 48.8 Å². The van der Waals surface area contributed by atoms with Gasteiger partial charge in [0, 0.05) is 5.92 Å². The predicted molar refractivity (Wildman–Crippen MR) is 108 cm³/mol. The maximum atomic E-state index is 10.5. The van der Waals surface area contributed by atoms with Gasteiger partial charge in [-0.1, -0.05) is 111 Å². The zero-order valence-corrected chi connectivity index (χ0v) is 15.3. The smallest absolute Gasteiger partial charge is 0.0931 e. The fourth-order valence-electron chi connectivity index (χ4n) is 3.88. The van der Waals surface area contributed by atoms with Crippen molar-refractivity contribution in [2.45, 2.75) is 37.5 Å². The fourth-order valence-corrected chi connectivity index (χ4v) is 3.88. The van der Waals surface area contributed by atoms with Gasteiger partial charge in [0.05, 0.1) is 11.5 Å². The number of hydrogen-bond donors (Lipinski definition) is 0. The molecule has 3 aromatic rings. The summed E-state index contributed by atoms with van der Waals surface area (Å²) < 4.78 is 0. The van der Waals surface area contributed by atoms with Crippen LogP contribution in [-0.2, 0) is 5.41 Å². The molecule has 0 amide bonds. The van der Waals surface area contributed by atoms with E-state index in [-0.39, 0.29) is 5.92 Å². The van der Waals surface area contributed by atoms with Crippen LogP contribution >= 0.6 is 0 Å². The quantitative estimate of drug-likeness (QED) is 0.484. The van der Waals surface area contributed by atoms with Crippen molar-refractivity contribution in [3.05, 3.63) is 108 Å². The number of hydrogen-bond acceptors (Lipinski definition) is 1. The van der Waals surface area contributed by atoms with E-state index in [1.165, 1.54) is 11.1 Å². The van der Waals surface area contributed by atoms with Gasteiger partial charge in [-0.15, -0.1) is 0 Å². The van der Waals surface area contributed by atoms with Gasteiger partial charge in [-0.3, -0.25) is 0 Å². The third kappa shape index (κ3) is 3.55. The van der Waals surface area contributed by atoms with Crippen molar-refractivity contribution >= 4 is 0 Å². The molecule has 1 nitrogen and oxygen atoms in total. The van der Waals surface area contributed by atoms with Crippen LogP contribution in [0.4, 0.5) is 0 Å². The summed E-state index contributed by atoms with van der Waals surface area (Å²) in [6, 6.07) is 34.0. The molecule has 1 heteroatoms. The number of benzene rings is 3. The zero-order chi connectivity index (χ0) is 18.2. The molecule has 0 saturated heterocycles.